The van der Waals surface area contributed by atoms with E-state index in [0.29, 0.717) is 6.61 Å². The molecule has 0 unspecified atom stereocenters. The van der Waals surface area contributed by atoms with Gasteiger partial charge in [0.25, 0.3) is 0 Å². The Bertz CT molecular complexity index is 433. The van der Waals surface area contributed by atoms with E-state index in [9.17, 15) is 4.79 Å². The van der Waals surface area contributed by atoms with Crippen molar-refractivity contribution in [2.24, 2.45) is 0 Å². The number of carboxylic acid groups (broad SMARTS) is 1. The maximum absolute atomic E-state index is 10.5. The lowest BCUT2D eigenvalue weighted by Crippen LogP contribution is -2.38. The van der Waals surface area contributed by atoms with Crippen LogP contribution in [0.3, 0.4) is 0 Å². The van der Waals surface area contributed by atoms with Crippen LogP contribution in [0.25, 0.3) is 0 Å². The number of carboxylic acids is 1. The lowest BCUT2D eigenvalue weighted by molar-refractivity contribution is -0.134. The first-order valence-electron chi connectivity index (χ1n) is 6.73. The first-order chi connectivity index (χ1) is 9.74. The Balaban J connectivity index is 1.74. The molecular weight excluding hydrogens is 260 g/mol. The fraction of sp³-hybridized carbons (Fsp3) is 0.500. The number of morpholine rings is 1. The van der Waals surface area contributed by atoms with E-state index in [-0.39, 0.29) is 6.54 Å². The molecule has 2 N–H and O–H groups in total. The van der Waals surface area contributed by atoms with Crippen molar-refractivity contribution in [3.05, 3.63) is 24.3 Å². The molecule has 0 aliphatic carbocycles. The Kier molecular flexibility index (Phi) is 5.64. The summed E-state index contributed by atoms with van der Waals surface area (Å²) in [5, 5.41) is 11.4. The summed E-state index contributed by atoms with van der Waals surface area (Å²) in [7, 11) is 0. The van der Waals surface area contributed by atoms with Gasteiger partial charge in [-0.1, -0.05) is 6.07 Å². The zero-order valence-electron chi connectivity index (χ0n) is 11.4. The van der Waals surface area contributed by atoms with Gasteiger partial charge in [0.15, 0.2) is 0 Å². The standard InChI is InChI=1S/C14H20N2O4/c17-14(18)11-15-12-2-1-3-13(10-12)20-9-6-16-4-7-19-8-5-16/h1-3,10,15H,4-9,11H2,(H,17,18). The van der Waals surface area contributed by atoms with E-state index in [2.05, 4.69) is 10.2 Å². The average molecular weight is 280 g/mol. The molecule has 0 radical (unpaired) electrons. The van der Waals surface area contributed by atoms with Crippen LogP contribution in [-0.2, 0) is 9.53 Å². The molecular formula is C14H20N2O4. The summed E-state index contributed by atoms with van der Waals surface area (Å²) in [6.07, 6.45) is 0. The van der Waals surface area contributed by atoms with Gasteiger partial charge in [-0.05, 0) is 12.1 Å². The molecule has 1 aliphatic rings. The Morgan fingerprint density at radius 2 is 2.20 bits per heavy atom. The van der Waals surface area contributed by atoms with Crippen molar-refractivity contribution >= 4 is 11.7 Å². The molecule has 0 aromatic heterocycles. The van der Waals surface area contributed by atoms with Crippen LogP contribution in [-0.4, -0.2) is 62.0 Å². The van der Waals surface area contributed by atoms with E-state index in [1.54, 1.807) is 0 Å². The molecule has 0 bridgehead atoms. The van der Waals surface area contributed by atoms with Gasteiger partial charge in [-0.25, -0.2) is 0 Å². The predicted molar refractivity (Wildman–Crippen MR) is 75.3 cm³/mol. The van der Waals surface area contributed by atoms with Gasteiger partial charge in [-0.3, -0.25) is 9.69 Å². The maximum Gasteiger partial charge on any atom is 0.322 e. The van der Waals surface area contributed by atoms with E-state index in [0.717, 1.165) is 44.3 Å². The zero-order valence-corrected chi connectivity index (χ0v) is 11.4. The smallest absolute Gasteiger partial charge is 0.322 e. The number of anilines is 1. The number of hydrogen-bond acceptors (Lipinski definition) is 5. The SMILES string of the molecule is O=C(O)CNc1cccc(OCCN2CCOCC2)c1. The van der Waals surface area contributed by atoms with Gasteiger partial charge in [0.1, 0.15) is 18.9 Å². The van der Waals surface area contributed by atoms with Crippen molar-refractivity contribution in [1.29, 1.82) is 0 Å². The number of carbonyl (C=O) groups is 1. The Labute approximate surface area is 118 Å². The van der Waals surface area contributed by atoms with Crippen LogP contribution < -0.4 is 10.1 Å². The Hall–Kier alpha value is -1.79. The fourth-order valence-electron chi connectivity index (χ4n) is 1.99. The minimum Gasteiger partial charge on any atom is -0.492 e. The molecule has 20 heavy (non-hydrogen) atoms. The van der Waals surface area contributed by atoms with Crippen molar-refractivity contribution in [3.63, 3.8) is 0 Å². The van der Waals surface area contributed by atoms with E-state index in [1.165, 1.54) is 0 Å². The normalized spacial score (nSPS) is 15.8. The number of rotatable bonds is 7. The second-order valence-corrected chi connectivity index (χ2v) is 4.58. The molecule has 1 aromatic carbocycles. The number of aliphatic carboxylic acids is 1. The molecule has 1 fully saturated rings. The quantitative estimate of drug-likeness (QED) is 0.773. The van der Waals surface area contributed by atoms with Crippen LogP contribution in [0.2, 0.25) is 0 Å². The molecule has 6 nitrogen and oxygen atoms in total. The number of hydrogen-bond donors (Lipinski definition) is 2. The summed E-state index contributed by atoms with van der Waals surface area (Å²) >= 11 is 0. The van der Waals surface area contributed by atoms with Crippen LogP contribution in [0.5, 0.6) is 5.75 Å². The van der Waals surface area contributed by atoms with Gasteiger partial charge in [0, 0.05) is 31.4 Å². The van der Waals surface area contributed by atoms with Crippen LogP contribution in [0, 0.1) is 0 Å². The Morgan fingerprint density at radius 3 is 2.95 bits per heavy atom. The highest BCUT2D eigenvalue weighted by Gasteiger charge is 2.09. The topological polar surface area (TPSA) is 71.0 Å². The summed E-state index contributed by atoms with van der Waals surface area (Å²) in [5.74, 6) is -0.141. The number of ether oxygens (including phenoxy) is 2. The van der Waals surface area contributed by atoms with Crippen molar-refractivity contribution in [2.75, 3.05) is 51.3 Å². The van der Waals surface area contributed by atoms with Gasteiger partial charge in [-0.2, -0.15) is 0 Å². The molecule has 1 saturated heterocycles. The van der Waals surface area contributed by atoms with Crippen LogP contribution in [0.1, 0.15) is 0 Å². The molecule has 2 rings (SSSR count). The second-order valence-electron chi connectivity index (χ2n) is 4.58. The first kappa shape index (κ1) is 14.6. The first-order valence-corrected chi connectivity index (χ1v) is 6.73. The van der Waals surface area contributed by atoms with E-state index in [4.69, 9.17) is 14.6 Å². The van der Waals surface area contributed by atoms with Gasteiger partial charge < -0.3 is 19.9 Å². The summed E-state index contributed by atoms with van der Waals surface area (Å²) in [6, 6.07) is 7.33. The largest absolute Gasteiger partial charge is 0.492 e. The van der Waals surface area contributed by atoms with E-state index in [1.807, 2.05) is 24.3 Å². The molecule has 0 saturated carbocycles. The highest BCUT2D eigenvalue weighted by atomic mass is 16.5. The number of nitrogens with zero attached hydrogens (tertiary/aromatic N) is 1. The predicted octanol–water partition coefficient (Wildman–Crippen LogP) is 0.894. The van der Waals surface area contributed by atoms with E-state index >= 15 is 0 Å². The minimum absolute atomic E-state index is 0.1000. The van der Waals surface area contributed by atoms with Gasteiger partial charge in [0.05, 0.1) is 13.2 Å². The third-order valence-electron chi connectivity index (χ3n) is 3.06. The molecule has 0 spiro atoms. The highest BCUT2D eigenvalue weighted by molar-refractivity contribution is 5.72. The lowest BCUT2D eigenvalue weighted by atomic mass is 10.3. The summed E-state index contributed by atoms with van der Waals surface area (Å²) < 4.78 is 11.0. The minimum atomic E-state index is -0.886. The summed E-state index contributed by atoms with van der Waals surface area (Å²) in [5.41, 5.74) is 0.747. The molecule has 1 heterocycles. The van der Waals surface area contributed by atoms with Gasteiger partial charge >= 0.3 is 5.97 Å². The maximum atomic E-state index is 10.5. The van der Waals surface area contributed by atoms with Crippen LogP contribution in [0.4, 0.5) is 5.69 Å². The highest BCUT2D eigenvalue weighted by Crippen LogP contribution is 2.17. The average Bonchev–Trinajstić information content (AvgIpc) is 2.47. The number of nitrogens with one attached hydrogen (secondary N) is 1. The van der Waals surface area contributed by atoms with Crippen LogP contribution in [0.15, 0.2) is 24.3 Å². The molecule has 1 aliphatic heterocycles. The Morgan fingerprint density at radius 1 is 1.40 bits per heavy atom. The van der Waals surface area contributed by atoms with Crippen molar-refractivity contribution in [2.45, 2.75) is 0 Å². The third kappa shape index (κ3) is 5.07. The zero-order chi connectivity index (χ0) is 14.2. The fourth-order valence-corrected chi connectivity index (χ4v) is 1.99. The summed E-state index contributed by atoms with van der Waals surface area (Å²) in [4.78, 5) is 12.8. The lowest BCUT2D eigenvalue weighted by Gasteiger charge is -2.26. The molecule has 1 aromatic rings. The van der Waals surface area contributed by atoms with Crippen molar-refractivity contribution < 1.29 is 19.4 Å². The van der Waals surface area contributed by atoms with Crippen molar-refractivity contribution in [1.82, 2.24) is 4.90 Å². The van der Waals surface area contributed by atoms with Crippen LogP contribution >= 0.6 is 0 Å². The second kappa shape index (κ2) is 7.72. The van der Waals surface area contributed by atoms with Gasteiger partial charge in [0.2, 0.25) is 0 Å². The molecule has 6 heteroatoms. The monoisotopic (exact) mass is 280 g/mol. The summed E-state index contributed by atoms with van der Waals surface area (Å²) in [6.45, 7) is 4.85. The third-order valence-corrected chi connectivity index (χ3v) is 3.06. The van der Waals surface area contributed by atoms with E-state index < -0.39 is 5.97 Å². The number of benzene rings is 1. The van der Waals surface area contributed by atoms with Gasteiger partial charge in [-0.15, -0.1) is 0 Å². The van der Waals surface area contributed by atoms with Crippen molar-refractivity contribution in [3.8, 4) is 5.75 Å². The molecule has 0 amide bonds. The molecule has 0 atom stereocenters. The molecule has 110 valence electrons.